The van der Waals surface area contributed by atoms with Crippen LogP contribution in [0.3, 0.4) is 0 Å². The molecule has 4 aromatic carbocycles. The van der Waals surface area contributed by atoms with E-state index in [2.05, 4.69) is 94.7 Å². The monoisotopic (exact) mass is 462 g/mol. The predicted octanol–water partition coefficient (Wildman–Crippen LogP) is 7.29. The van der Waals surface area contributed by atoms with Crippen LogP contribution in [-0.4, -0.2) is 19.9 Å². The molecule has 1 aliphatic rings. The standard InChI is InChI=1S/C31H30N2O2/c1-3-34-28-19-15-26(16-20-28)32-23-33(27-17-21-29(22-18-27)35-4-2)31(25-13-9-6-10-14-25)30(32)24-11-7-5-8-12-24/h5-22H,3-4,23H2,1-2H3. The molecule has 1 heterocycles. The summed E-state index contributed by atoms with van der Waals surface area (Å²) in [6.45, 7) is 6.01. The van der Waals surface area contributed by atoms with Crippen molar-refractivity contribution in [1.82, 2.24) is 0 Å². The van der Waals surface area contributed by atoms with Crippen LogP contribution in [0.2, 0.25) is 0 Å². The van der Waals surface area contributed by atoms with Crippen molar-refractivity contribution in [3.63, 3.8) is 0 Å². The van der Waals surface area contributed by atoms with Crippen molar-refractivity contribution in [2.24, 2.45) is 0 Å². The topological polar surface area (TPSA) is 24.9 Å². The van der Waals surface area contributed by atoms with Gasteiger partial charge in [0.2, 0.25) is 0 Å². The maximum absolute atomic E-state index is 5.69. The van der Waals surface area contributed by atoms with Gasteiger partial charge in [-0.1, -0.05) is 60.7 Å². The highest BCUT2D eigenvalue weighted by molar-refractivity contribution is 6.05. The van der Waals surface area contributed by atoms with E-state index in [1.54, 1.807) is 0 Å². The molecule has 35 heavy (non-hydrogen) atoms. The number of anilines is 2. The summed E-state index contributed by atoms with van der Waals surface area (Å²) in [5.74, 6) is 1.76. The van der Waals surface area contributed by atoms with Gasteiger partial charge in [-0.05, 0) is 62.4 Å². The van der Waals surface area contributed by atoms with E-state index >= 15 is 0 Å². The fraction of sp³-hybridized carbons (Fsp3) is 0.161. The third-order valence-electron chi connectivity index (χ3n) is 6.06. The Morgan fingerprint density at radius 1 is 0.514 bits per heavy atom. The van der Waals surface area contributed by atoms with Gasteiger partial charge in [0.1, 0.15) is 18.2 Å². The van der Waals surface area contributed by atoms with Gasteiger partial charge in [0.25, 0.3) is 0 Å². The maximum Gasteiger partial charge on any atom is 0.119 e. The second-order valence-corrected chi connectivity index (χ2v) is 8.28. The van der Waals surface area contributed by atoms with E-state index in [4.69, 9.17) is 9.47 Å². The van der Waals surface area contributed by atoms with Crippen molar-refractivity contribution in [3.8, 4) is 11.5 Å². The lowest BCUT2D eigenvalue weighted by molar-refractivity contribution is 0.340. The minimum Gasteiger partial charge on any atom is -0.494 e. The molecule has 0 radical (unpaired) electrons. The third kappa shape index (κ3) is 4.73. The van der Waals surface area contributed by atoms with Crippen molar-refractivity contribution in [3.05, 3.63) is 120 Å². The summed E-state index contributed by atoms with van der Waals surface area (Å²) in [5, 5.41) is 0. The first-order valence-corrected chi connectivity index (χ1v) is 12.1. The van der Waals surface area contributed by atoms with Gasteiger partial charge in [0, 0.05) is 22.5 Å². The molecule has 0 fully saturated rings. The number of hydrogen-bond donors (Lipinski definition) is 0. The Hall–Kier alpha value is -4.18. The van der Waals surface area contributed by atoms with Gasteiger partial charge < -0.3 is 19.3 Å². The van der Waals surface area contributed by atoms with Crippen molar-refractivity contribution in [2.75, 3.05) is 29.7 Å². The molecule has 0 saturated heterocycles. The zero-order valence-electron chi connectivity index (χ0n) is 20.2. The summed E-state index contributed by atoms with van der Waals surface area (Å²) >= 11 is 0. The third-order valence-corrected chi connectivity index (χ3v) is 6.06. The smallest absolute Gasteiger partial charge is 0.119 e. The normalized spacial score (nSPS) is 13.3. The fourth-order valence-electron chi connectivity index (χ4n) is 4.52. The van der Waals surface area contributed by atoms with Crippen LogP contribution in [0.5, 0.6) is 11.5 Å². The van der Waals surface area contributed by atoms with E-state index in [1.807, 2.05) is 38.1 Å². The summed E-state index contributed by atoms with van der Waals surface area (Å²) in [6, 6.07) is 38.0. The van der Waals surface area contributed by atoms with E-state index in [0.29, 0.717) is 19.9 Å². The summed E-state index contributed by atoms with van der Waals surface area (Å²) in [6.07, 6.45) is 0. The summed E-state index contributed by atoms with van der Waals surface area (Å²) in [4.78, 5) is 4.76. The predicted molar refractivity (Wildman–Crippen MR) is 145 cm³/mol. The molecule has 0 aromatic heterocycles. The minimum absolute atomic E-state index is 0.655. The Balaban J connectivity index is 1.67. The number of ether oxygens (including phenoxy) is 2. The molecule has 1 aliphatic heterocycles. The van der Waals surface area contributed by atoms with Crippen LogP contribution in [0.15, 0.2) is 109 Å². The molecule has 0 N–H and O–H groups in total. The molecule has 0 unspecified atom stereocenters. The first-order chi connectivity index (χ1) is 17.3. The largest absolute Gasteiger partial charge is 0.494 e. The lowest BCUT2D eigenvalue weighted by Crippen LogP contribution is -2.27. The lowest BCUT2D eigenvalue weighted by atomic mass is 10.0. The van der Waals surface area contributed by atoms with Crippen LogP contribution in [0.1, 0.15) is 25.0 Å². The Morgan fingerprint density at radius 3 is 1.23 bits per heavy atom. The van der Waals surface area contributed by atoms with E-state index in [0.717, 1.165) is 22.9 Å². The Morgan fingerprint density at radius 2 is 0.886 bits per heavy atom. The molecule has 0 aliphatic carbocycles. The molecule has 4 heteroatoms. The van der Waals surface area contributed by atoms with E-state index < -0.39 is 0 Å². The second-order valence-electron chi connectivity index (χ2n) is 8.28. The molecule has 0 bridgehead atoms. The number of benzene rings is 4. The number of nitrogens with zero attached hydrogens (tertiary/aromatic N) is 2. The van der Waals surface area contributed by atoms with Crippen LogP contribution in [0.25, 0.3) is 11.4 Å². The molecule has 4 aromatic rings. The summed E-state index contributed by atoms with van der Waals surface area (Å²) in [5.41, 5.74) is 6.94. The molecule has 5 rings (SSSR count). The van der Waals surface area contributed by atoms with Crippen LogP contribution < -0.4 is 19.3 Å². The molecule has 0 spiro atoms. The summed E-state index contributed by atoms with van der Waals surface area (Å²) < 4.78 is 11.4. The van der Waals surface area contributed by atoms with Gasteiger partial charge in [-0.25, -0.2) is 0 Å². The fourth-order valence-corrected chi connectivity index (χ4v) is 4.52. The average molecular weight is 463 g/mol. The Labute approximate surface area is 207 Å². The number of rotatable bonds is 8. The van der Waals surface area contributed by atoms with Crippen LogP contribution in [0.4, 0.5) is 11.4 Å². The molecule has 0 atom stereocenters. The van der Waals surface area contributed by atoms with E-state index in [-0.39, 0.29) is 0 Å². The van der Waals surface area contributed by atoms with Crippen molar-refractivity contribution >= 4 is 22.8 Å². The first-order valence-electron chi connectivity index (χ1n) is 12.1. The van der Waals surface area contributed by atoms with Gasteiger partial charge in [-0.15, -0.1) is 0 Å². The van der Waals surface area contributed by atoms with Crippen LogP contribution in [0, 0.1) is 0 Å². The van der Waals surface area contributed by atoms with E-state index in [1.165, 1.54) is 22.5 Å². The SMILES string of the molecule is CCOc1ccc(N2CN(c3ccc(OCC)cc3)C(c3ccccc3)=C2c2ccccc2)cc1. The zero-order valence-corrected chi connectivity index (χ0v) is 20.2. The highest BCUT2D eigenvalue weighted by Crippen LogP contribution is 2.43. The van der Waals surface area contributed by atoms with Crippen molar-refractivity contribution < 1.29 is 9.47 Å². The quantitative estimate of drug-likeness (QED) is 0.274. The van der Waals surface area contributed by atoms with Crippen LogP contribution in [-0.2, 0) is 0 Å². The summed E-state index contributed by atoms with van der Waals surface area (Å²) in [7, 11) is 0. The van der Waals surface area contributed by atoms with Crippen LogP contribution >= 0.6 is 0 Å². The van der Waals surface area contributed by atoms with Gasteiger partial charge >= 0.3 is 0 Å². The maximum atomic E-state index is 5.69. The average Bonchev–Trinajstić information content (AvgIpc) is 3.32. The highest BCUT2D eigenvalue weighted by atomic mass is 16.5. The lowest BCUT2D eigenvalue weighted by Gasteiger charge is -2.25. The minimum atomic E-state index is 0.655. The van der Waals surface area contributed by atoms with Crippen molar-refractivity contribution in [1.29, 1.82) is 0 Å². The number of hydrogen-bond acceptors (Lipinski definition) is 4. The molecule has 4 nitrogen and oxygen atoms in total. The van der Waals surface area contributed by atoms with Gasteiger partial charge in [0.05, 0.1) is 24.6 Å². The molecule has 0 saturated carbocycles. The van der Waals surface area contributed by atoms with Gasteiger partial charge in [-0.2, -0.15) is 0 Å². The first kappa shape index (κ1) is 22.6. The molecular weight excluding hydrogens is 432 g/mol. The molecular formula is C31H30N2O2. The zero-order chi connectivity index (χ0) is 24.0. The van der Waals surface area contributed by atoms with Gasteiger partial charge in [0.15, 0.2) is 0 Å². The van der Waals surface area contributed by atoms with E-state index in [9.17, 15) is 0 Å². The molecule has 176 valence electrons. The Bertz CT molecular complexity index is 1170. The van der Waals surface area contributed by atoms with Crippen molar-refractivity contribution in [2.45, 2.75) is 13.8 Å². The molecule has 0 amide bonds. The highest BCUT2D eigenvalue weighted by Gasteiger charge is 2.32. The van der Waals surface area contributed by atoms with Gasteiger partial charge in [-0.3, -0.25) is 0 Å². The Kier molecular flexibility index (Phi) is 6.71. The second kappa shape index (κ2) is 10.4.